The number of aryl methyl sites for hydroxylation is 2. The molecule has 0 fully saturated rings. The zero-order valence-electron chi connectivity index (χ0n) is 11.9. The molecule has 3 nitrogen and oxygen atoms in total. The molecule has 1 aliphatic carbocycles. The number of pyridine rings is 1. The first-order valence-corrected chi connectivity index (χ1v) is 7.50. The Morgan fingerprint density at radius 2 is 2.14 bits per heavy atom. The first-order valence-electron chi connectivity index (χ1n) is 7.13. The maximum Gasteiger partial charge on any atom is 0.144 e. The smallest absolute Gasteiger partial charge is 0.144 e. The van der Waals surface area contributed by atoms with Crippen LogP contribution in [0, 0.1) is 11.3 Å². The molecular weight excluding hydrogens is 282 g/mol. The largest absolute Gasteiger partial charge is 0.362 e. The first-order chi connectivity index (χ1) is 10.2. The highest BCUT2D eigenvalue weighted by Crippen LogP contribution is 2.29. The number of rotatable bonds is 3. The van der Waals surface area contributed by atoms with Crippen LogP contribution in [-0.2, 0) is 12.8 Å². The highest BCUT2D eigenvalue weighted by molar-refractivity contribution is 6.31. The number of fused-ring (bicyclic) bond motifs is 1. The van der Waals surface area contributed by atoms with Gasteiger partial charge in [0.15, 0.2) is 0 Å². The van der Waals surface area contributed by atoms with Gasteiger partial charge < -0.3 is 5.32 Å². The lowest BCUT2D eigenvalue weighted by molar-refractivity contribution is 0.865. The zero-order valence-corrected chi connectivity index (χ0v) is 12.6. The maximum absolute atomic E-state index is 9.33. The van der Waals surface area contributed by atoms with Crippen LogP contribution in [0.25, 0.3) is 0 Å². The van der Waals surface area contributed by atoms with Crippen LogP contribution < -0.4 is 5.32 Å². The Kier molecular flexibility index (Phi) is 3.81. The molecule has 2 aromatic rings. The van der Waals surface area contributed by atoms with Gasteiger partial charge in [-0.05, 0) is 49.4 Å². The second-order valence-corrected chi connectivity index (χ2v) is 5.75. The first kappa shape index (κ1) is 13.9. The van der Waals surface area contributed by atoms with Gasteiger partial charge in [-0.3, -0.25) is 0 Å². The Labute approximate surface area is 129 Å². The highest BCUT2D eigenvalue weighted by Gasteiger charge is 2.18. The summed E-state index contributed by atoms with van der Waals surface area (Å²) in [6.07, 6.45) is 3.14. The Balaban J connectivity index is 1.92. The number of benzene rings is 1. The summed E-state index contributed by atoms with van der Waals surface area (Å²) in [5, 5.41) is 13.4. The van der Waals surface area contributed by atoms with Gasteiger partial charge in [-0.15, -0.1) is 0 Å². The summed E-state index contributed by atoms with van der Waals surface area (Å²) in [6.45, 7) is 2.03. The summed E-state index contributed by atoms with van der Waals surface area (Å²) in [5.41, 5.74) is 3.94. The van der Waals surface area contributed by atoms with Gasteiger partial charge in [-0.1, -0.05) is 29.8 Å². The molecule has 106 valence electrons. The molecule has 1 aromatic carbocycles. The monoisotopic (exact) mass is 297 g/mol. The minimum Gasteiger partial charge on any atom is -0.362 e. The van der Waals surface area contributed by atoms with Crippen molar-refractivity contribution in [3.63, 3.8) is 0 Å². The minimum absolute atomic E-state index is 0.00208. The van der Waals surface area contributed by atoms with Gasteiger partial charge >= 0.3 is 0 Å². The van der Waals surface area contributed by atoms with Crippen LogP contribution in [0.5, 0.6) is 0 Å². The van der Waals surface area contributed by atoms with Crippen LogP contribution in [0.1, 0.15) is 41.8 Å². The lowest BCUT2D eigenvalue weighted by Gasteiger charge is -2.18. The normalized spacial score (nSPS) is 14.3. The molecule has 0 amide bonds. The van der Waals surface area contributed by atoms with Crippen molar-refractivity contribution in [2.45, 2.75) is 32.2 Å². The molecule has 1 heterocycles. The zero-order chi connectivity index (χ0) is 14.8. The molecule has 1 atom stereocenters. The number of nitrogens with zero attached hydrogens (tertiary/aromatic N) is 2. The van der Waals surface area contributed by atoms with E-state index in [0.29, 0.717) is 11.4 Å². The van der Waals surface area contributed by atoms with E-state index < -0.39 is 0 Å². The van der Waals surface area contributed by atoms with Crippen LogP contribution in [0.4, 0.5) is 5.82 Å². The fourth-order valence-electron chi connectivity index (χ4n) is 2.78. The fraction of sp³-hybridized carbons (Fsp3) is 0.294. The number of hydrogen-bond acceptors (Lipinski definition) is 3. The van der Waals surface area contributed by atoms with Crippen molar-refractivity contribution in [1.29, 1.82) is 5.26 Å². The SMILES string of the molecule is CC(Nc1nc2c(cc1C#N)CCC2)c1ccccc1Cl. The molecule has 21 heavy (non-hydrogen) atoms. The van der Waals surface area contributed by atoms with Crippen LogP contribution >= 0.6 is 11.6 Å². The van der Waals surface area contributed by atoms with Crippen LogP contribution in [0.15, 0.2) is 30.3 Å². The van der Waals surface area contributed by atoms with Crippen LogP contribution in [-0.4, -0.2) is 4.98 Å². The van der Waals surface area contributed by atoms with Gasteiger partial charge in [0, 0.05) is 10.7 Å². The molecule has 0 spiro atoms. The summed E-state index contributed by atoms with van der Waals surface area (Å²) in [5.74, 6) is 0.658. The van der Waals surface area contributed by atoms with E-state index in [1.165, 1.54) is 5.56 Å². The van der Waals surface area contributed by atoms with E-state index >= 15 is 0 Å². The third-order valence-corrected chi connectivity index (χ3v) is 4.24. The van der Waals surface area contributed by atoms with Crippen molar-refractivity contribution >= 4 is 17.4 Å². The topological polar surface area (TPSA) is 48.7 Å². The predicted molar refractivity (Wildman–Crippen MR) is 84.5 cm³/mol. The van der Waals surface area contributed by atoms with Crippen molar-refractivity contribution in [3.05, 3.63) is 57.7 Å². The lowest BCUT2D eigenvalue weighted by Crippen LogP contribution is -2.11. The summed E-state index contributed by atoms with van der Waals surface area (Å²) in [7, 11) is 0. The van der Waals surface area contributed by atoms with E-state index in [2.05, 4.69) is 16.4 Å². The number of nitriles is 1. The molecule has 0 bridgehead atoms. The van der Waals surface area contributed by atoms with Gasteiger partial charge in [-0.2, -0.15) is 5.26 Å². The quantitative estimate of drug-likeness (QED) is 0.920. The summed E-state index contributed by atoms with van der Waals surface area (Å²) >= 11 is 6.23. The molecule has 0 aliphatic heterocycles. The van der Waals surface area contributed by atoms with E-state index in [-0.39, 0.29) is 6.04 Å². The van der Waals surface area contributed by atoms with Gasteiger partial charge in [-0.25, -0.2) is 4.98 Å². The molecule has 0 saturated heterocycles. The molecule has 1 aromatic heterocycles. The third-order valence-electron chi connectivity index (χ3n) is 3.90. The molecule has 3 rings (SSSR count). The Bertz CT molecular complexity index is 718. The Morgan fingerprint density at radius 3 is 2.90 bits per heavy atom. The van der Waals surface area contributed by atoms with Crippen LogP contribution in [0.3, 0.4) is 0 Å². The van der Waals surface area contributed by atoms with E-state index in [1.54, 1.807) is 0 Å². The van der Waals surface area contributed by atoms with Crippen molar-refractivity contribution in [2.24, 2.45) is 0 Å². The predicted octanol–water partition coefficient (Wildman–Crippen LogP) is 4.27. The summed E-state index contributed by atoms with van der Waals surface area (Å²) in [4.78, 5) is 4.64. The van der Waals surface area contributed by atoms with E-state index in [0.717, 1.165) is 35.5 Å². The van der Waals surface area contributed by atoms with Gasteiger partial charge in [0.2, 0.25) is 0 Å². The number of hydrogen-bond donors (Lipinski definition) is 1. The van der Waals surface area contributed by atoms with Crippen molar-refractivity contribution in [2.75, 3.05) is 5.32 Å². The summed E-state index contributed by atoms with van der Waals surface area (Å²) < 4.78 is 0. The number of anilines is 1. The Morgan fingerprint density at radius 1 is 1.33 bits per heavy atom. The molecule has 4 heteroatoms. The van der Waals surface area contributed by atoms with Gasteiger partial charge in [0.25, 0.3) is 0 Å². The standard InChI is InChI=1S/C17H16ClN3/c1-11(14-6-2-3-7-15(14)18)20-17-13(10-19)9-12-5-4-8-16(12)21-17/h2-3,6-7,9,11H,4-5,8H2,1H3,(H,20,21). The Hall–Kier alpha value is -2.05. The third kappa shape index (κ3) is 2.72. The van der Waals surface area contributed by atoms with E-state index in [1.807, 2.05) is 37.3 Å². The van der Waals surface area contributed by atoms with Gasteiger partial charge in [0.05, 0.1) is 11.6 Å². The highest BCUT2D eigenvalue weighted by atomic mass is 35.5. The van der Waals surface area contributed by atoms with E-state index in [4.69, 9.17) is 11.6 Å². The lowest BCUT2D eigenvalue weighted by atomic mass is 10.1. The molecule has 1 unspecified atom stereocenters. The average molecular weight is 298 g/mol. The molecule has 0 saturated carbocycles. The second-order valence-electron chi connectivity index (χ2n) is 5.34. The van der Waals surface area contributed by atoms with Crippen molar-refractivity contribution < 1.29 is 0 Å². The summed E-state index contributed by atoms with van der Waals surface area (Å²) in [6, 6.07) is 11.9. The fourth-order valence-corrected chi connectivity index (χ4v) is 3.08. The molecular formula is C17H16ClN3. The van der Waals surface area contributed by atoms with E-state index in [9.17, 15) is 5.26 Å². The molecule has 0 radical (unpaired) electrons. The second kappa shape index (κ2) is 5.75. The number of halogens is 1. The number of nitrogens with one attached hydrogen (secondary N) is 1. The number of aromatic nitrogens is 1. The van der Waals surface area contributed by atoms with Crippen LogP contribution in [0.2, 0.25) is 5.02 Å². The van der Waals surface area contributed by atoms with Gasteiger partial charge in [0.1, 0.15) is 11.9 Å². The van der Waals surface area contributed by atoms with Crippen molar-refractivity contribution in [1.82, 2.24) is 4.98 Å². The minimum atomic E-state index is -0.00208. The van der Waals surface area contributed by atoms with Crippen molar-refractivity contribution in [3.8, 4) is 6.07 Å². The molecule has 1 aliphatic rings. The average Bonchev–Trinajstić information content (AvgIpc) is 2.93. The maximum atomic E-state index is 9.33. The molecule has 1 N–H and O–H groups in total.